The summed E-state index contributed by atoms with van der Waals surface area (Å²) in [5, 5.41) is 0. The van der Waals surface area contributed by atoms with Gasteiger partial charge in [0, 0.05) is 0 Å². The van der Waals surface area contributed by atoms with Gasteiger partial charge in [-0.1, -0.05) is 6.07 Å². The molecule has 0 aliphatic rings. The molecule has 1 unspecified atom stereocenters. The second kappa shape index (κ2) is 6.01. The fourth-order valence-electron chi connectivity index (χ4n) is 1.56. The number of hydrogen-bond donors (Lipinski definition) is 1. The van der Waals surface area contributed by atoms with Crippen LogP contribution in [-0.4, -0.2) is 18.6 Å². The number of halogens is 4. The van der Waals surface area contributed by atoms with Gasteiger partial charge in [-0.3, -0.25) is 4.79 Å². The van der Waals surface area contributed by atoms with Crippen LogP contribution in [0.3, 0.4) is 0 Å². The molecule has 0 heterocycles. The van der Waals surface area contributed by atoms with Crippen LogP contribution >= 0.6 is 0 Å². The molecule has 1 aromatic rings. The molecule has 1 aromatic carbocycles. The van der Waals surface area contributed by atoms with Crippen LogP contribution in [0.4, 0.5) is 17.6 Å². The van der Waals surface area contributed by atoms with Crippen molar-refractivity contribution in [3.63, 3.8) is 0 Å². The van der Waals surface area contributed by atoms with E-state index in [4.69, 9.17) is 5.73 Å². The van der Waals surface area contributed by atoms with Crippen LogP contribution in [0.2, 0.25) is 0 Å². The number of carbonyl (C=O) groups is 1. The maximum atomic E-state index is 12.9. The molecular weight excluding hydrogens is 266 g/mol. The minimum Gasteiger partial charge on any atom is -0.465 e. The predicted molar refractivity (Wildman–Crippen MR) is 59.7 cm³/mol. The first-order valence-electron chi connectivity index (χ1n) is 5.53. The van der Waals surface area contributed by atoms with Gasteiger partial charge >= 0.3 is 12.1 Å². The Hall–Kier alpha value is -1.63. The lowest BCUT2D eigenvalue weighted by Gasteiger charge is -2.15. The Bertz CT molecular complexity index is 460. The van der Waals surface area contributed by atoms with E-state index in [2.05, 4.69) is 4.74 Å². The van der Waals surface area contributed by atoms with Gasteiger partial charge in [-0.2, -0.15) is 13.2 Å². The van der Waals surface area contributed by atoms with E-state index < -0.39 is 29.6 Å². The van der Waals surface area contributed by atoms with Gasteiger partial charge in [0.2, 0.25) is 0 Å². The highest BCUT2D eigenvalue weighted by molar-refractivity contribution is 5.75. The lowest BCUT2D eigenvalue weighted by atomic mass is 10.00. The number of nitrogens with two attached hydrogens (primary N) is 1. The molecule has 0 aliphatic heterocycles. The minimum absolute atomic E-state index is 0.0854. The highest BCUT2D eigenvalue weighted by Crippen LogP contribution is 2.33. The van der Waals surface area contributed by atoms with Gasteiger partial charge in [0.05, 0.1) is 12.2 Å². The van der Waals surface area contributed by atoms with Crippen molar-refractivity contribution in [3.8, 4) is 0 Å². The van der Waals surface area contributed by atoms with E-state index in [-0.39, 0.29) is 18.6 Å². The summed E-state index contributed by atoms with van der Waals surface area (Å²) in [7, 11) is 0. The van der Waals surface area contributed by atoms with Crippen molar-refractivity contribution in [2.75, 3.05) is 6.61 Å². The van der Waals surface area contributed by atoms with Crippen molar-refractivity contribution in [2.45, 2.75) is 25.6 Å². The standard InChI is InChI=1S/C12H13F4NO2/c1-2-19-11(18)10(17)5-7-3-4-8(13)6-9(7)12(14,15)16/h3-4,6,10H,2,5,17H2,1H3. The molecule has 0 spiro atoms. The molecule has 7 heteroatoms. The lowest BCUT2D eigenvalue weighted by molar-refractivity contribution is -0.145. The van der Waals surface area contributed by atoms with Crippen LogP contribution in [0.15, 0.2) is 18.2 Å². The van der Waals surface area contributed by atoms with Crippen molar-refractivity contribution in [1.29, 1.82) is 0 Å². The zero-order valence-electron chi connectivity index (χ0n) is 10.1. The number of hydrogen-bond acceptors (Lipinski definition) is 3. The Morgan fingerprint density at radius 1 is 1.42 bits per heavy atom. The van der Waals surface area contributed by atoms with Gasteiger partial charge in [-0.25, -0.2) is 4.39 Å². The number of carbonyl (C=O) groups excluding carboxylic acids is 1. The van der Waals surface area contributed by atoms with E-state index in [1.165, 1.54) is 0 Å². The summed E-state index contributed by atoms with van der Waals surface area (Å²) in [6.07, 6.45) is -5.07. The average Bonchev–Trinajstić information content (AvgIpc) is 2.30. The molecule has 0 aromatic heterocycles. The SMILES string of the molecule is CCOC(=O)C(N)Cc1ccc(F)cc1C(F)(F)F. The van der Waals surface area contributed by atoms with E-state index in [0.717, 1.165) is 12.1 Å². The zero-order chi connectivity index (χ0) is 14.6. The van der Waals surface area contributed by atoms with Crippen molar-refractivity contribution in [2.24, 2.45) is 5.73 Å². The smallest absolute Gasteiger partial charge is 0.416 e. The molecule has 0 saturated heterocycles. The number of alkyl halides is 3. The molecule has 0 saturated carbocycles. The summed E-state index contributed by atoms with van der Waals surface area (Å²) in [4.78, 5) is 11.3. The number of rotatable bonds is 4. The molecule has 0 fully saturated rings. The van der Waals surface area contributed by atoms with Crippen molar-refractivity contribution < 1.29 is 27.1 Å². The third-order valence-corrected chi connectivity index (χ3v) is 2.41. The van der Waals surface area contributed by atoms with E-state index in [9.17, 15) is 22.4 Å². The largest absolute Gasteiger partial charge is 0.465 e. The molecular formula is C12H13F4NO2. The van der Waals surface area contributed by atoms with E-state index >= 15 is 0 Å². The highest BCUT2D eigenvalue weighted by atomic mass is 19.4. The quantitative estimate of drug-likeness (QED) is 0.679. The van der Waals surface area contributed by atoms with Crippen LogP contribution in [0.5, 0.6) is 0 Å². The van der Waals surface area contributed by atoms with Crippen LogP contribution in [0.1, 0.15) is 18.1 Å². The van der Waals surface area contributed by atoms with Crippen molar-refractivity contribution in [1.82, 2.24) is 0 Å². The van der Waals surface area contributed by atoms with Crippen LogP contribution in [-0.2, 0) is 22.1 Å². The predicted octanol–water partition coefficient (Wildman–Crippen LogP) is 2.28. The summed E-state index contributed by atoms with van der Waals surface area (Å²) >= 11 is 0. The van der Waals surface area contributed by atoms with E-state index in [1.54, 1.807) is 6.92 Å². The molecule has 106 valence electrons. The first kappa shape index (κ1) is 15.4. The summed E-state index contributed by atoms with van der Waals surface area (Å²) < 4.78 is 55.6. The van der Waals surface area contributed by atoms with Crippen LogP contribution < -0.4 is 5.73 Å². The molecule has 0 aliphatic carbocycles. The van der Waals surface area contributed by atoms with E-state index in [0.29, 0.717) is 6.07 Å². The van der Waals surface area contributed by atoms with Gasteiger partial charge in [-0.05, 0) is 31.0 Å². The molecule has 0 bridgehead atoms. The Morgan fingerprint density at radius 3 is 2.58 bits per heavy atom. The fourth-order valence-corrected chi connectivity index (χ4v) is 1.56. The molecule has 1 atom stereocenters. The molecule has 0 radical (unpaired) electrons. The number of esters is 1. The Labute approximate surface area is 107 Å². The van der Waals surface area contributed by atoms with Crippen LogP contribution in [0.25, 0.3) is 0 Å². The lowest BCUT2D eigenvalue weighted by Crippen LogP contribution is -2.35. The minimum atomic E-state index is -4.70. The topological polar surface area (TPSA) is 52.3 Å². The van der Waals surface area contributed by atoms with Crippen molar-refractivity contribution >= 4 is 5.97 Å². The summed E-state index contributed by atoms with van der Waals surface area (Å²) in [5.74, 6) is -1.79. The average molecular weight is 279 g/mol. The third-order valence-electron chi connectivity index (χ3n) is 2.41. The molecule has 2 N–H and O–H groups in total. The van der Waals surface area contributed by atoms with Gasteiger partial charge in [-0.15, -0.1) is 0 Å². The van der Waals surface area contributed by atoms with Gasteiger partial charge in [0.25, 0.3) is 0 Å². The second-order valence-corrected chi connectivity index (χ2v) is 3.86. The fraction of sp³-hybridized carbons (Fsp3) is 0.417. The van der Waals surface area contributed by atoms with E-state index in [1.807, 2.05) is 0 Å². The van der Waals surface area contributed by atoms with Crippen molar-refractivity contribution in [3.05, 3.63) is 35.1 Å². The summed E-state index contributed by atoms with van der Waals surface area (Å²) in [5.41, 5.74) is 4.08. The molecule has 3 nitrogen and oxygen atoms in total. The Kier molecular flexibility index (Phi) is 4.88. The maximum Gasteiger partial charge on any atom is 0.416 e. The van der Waals surface area contributed by atoms with Gasteiger partial charge in [0.15, 0.2) is 0 Å². The van der Waals surface area contributed by atoms with Gasteiger partial charge < -0.3 is 10.5 Å². The third kappa shape index (κ3) is 4.20. The normalized spacial score (nSPS) is 13.2. The molecule has 19 heavy (non-hydrogen) atoms. The zero-order valence-corrected chi connectivity index (χ0v) is 10.1. The maximum absolute atomic E-state index is 12.9. The molecule has 1 rings (SSSR count). The van der Waals surface area contributed by atoms with Gasteiger partial charge in [0.1, 0.15) is 11.9 Å². The monoisotopic (exact) mass is 279 g/mol. The highest BCUT2D eigenvalue weighted by Gasteiger charge is 2.34. The van der Waals surface area contributed by atoms with Crippen LogP contribution in [0, 0.1) is 5.82 Å². The summed E-state index contributed by atoms with van der Waals surface area (Å²) in [6.45, 7) is 1.64. The Balaban J connectivity index is 2.98. The molecule has 0 amide bonds. The summed E-state index contributed by atoms with van der Waals surface area (Å²) in [6, 6.07) is 1.03. The number of benzene rings is 1. The first-order valence-corrected chi connectivity index (χ1v) is 5.53. The Morgan fingerprint density at radius 2 is 2.05 bits per heavy atom. The number of ether oxygens (including phenoxy) is 1. The second-order valence-electron chi connectivity index (χ2n) is 3.86. The first-order chi connectivity index (χ1) is 8.75.